The molecule has 21 heavy (non-hydrogen) atoms. The van der Waals surface area contributed by atoms with Crippen LogP contribution in [0.1, 0.15) is 39.5 Å². The predicted octanol–water partition coefficient (Wildman–Crippen LogP) is 6.25. The van der Waals surface area contributed by atoms with E-state index in [0.29, 0.717) is 20.2 Å². The molecule has 0 aliphatic heterocycles. The van der Waals surface area contributed by atoms with Gasteiger partial charge in [0.25, 0.3) is 0 Å². The van der Waals surface area contributed by atoms with Gasteiger partial charge in [0, 0.05) is 18.8 Å². The highest BCUT2D eigenvalue weighted by atomic mass is 35.5. The summed E-state index contributed by atoms with van der Waals surface area (Å²) in [6, 6.07) is 3.47. The van der Waals surface area contributed by atoms with Crippen LogP contribution in [0.15, 0.2) is 12.1 Å². The van der Waals surface area contributed by atoms with Crippen molar-refractivity contribution in [1.82, 2.24) is 4.90 Å². The lowest BCUT2D eigenvalue weighted by Crippen LogP contribution is -2.36. The average molecular weight is 368 g/mol. The van der Waals surface area contributed by atoms with Gasteiger partial charge in [0.15, 0.2) is 5.11 Å². The van der Waals surface area contributed by atoms with Gasteiger partial charge in [-0.2, -0.15) is 0 Å². The number of anilines is 1. The van der Waals surface area contributed by atoms with Gasteiger partial charge in [0.1, 0.15) is 0 Å². The summed E-state index contributed by atoms with van der Waals surface area (Å²) in [6.07, 6.45) is 4.52. The molecule has 0 unspecified atom stereocenters. The molecule has 0 aliphatic carbocycles. The van der Waals surface area contributed by atoms with Gasteiger partial charge in [0.05, 0.1) is 15.1 Å². The molecule has 6 heteroatoms. The largest absolute Gasteiger partial charge is 0.349 e. The lowest BCUT2D eigenvalue weighted by molar-refractivity contribution is 0.403. The Morgan fingerprint density at radius 3 is 1.95 bits per heavy atom. The lowest BCUT2D eigenvalue weighted by atomic mass is 10.2. The molecule has 1 N–H and O–H groups in total. The van der Waals surface area contributed by atoms with Crippen molar-refractivity contribution in [2.24, 2.45) is 0 Å². The van der Waals surface area contributed by atoms with E-state index in [1.165, 1.54) is 0 Å². The Bertz CT molecular complexity index is 449. The SMILES string of the molecule is CCCCN(CCCC)C(=S)Nc1cc(Cl)c(Cl)c(Cl)c1. The minimum Gasteiger partial charge on any atom is -0.349 e. The molecule has 0 atom stereocenters. The first-order valence-electron chi connectivity index (χ1n) is 7.20. The number of benzene rings is 1. The van der Waals surface area contributed by atoms with E-state index in [1.807, 2.05) is 0 Å². The van der Waals surface area contributed by atoms with Crippen LogP contribution in [0.25, 0.3) is 0 Å². The first kappa shape index (κ1) is 18.8. The molecule has 1 aromatic rings. The maximum absolute atomic E-state index is 6.04. The number of halogens is 3. The fourth-order valence-electron chi connectivity index (χ4n) is 1.84. The molecule has 0 spiro atoms. The first-order valence-corrected chi connectivity index (χ1v) is 8.74. The third-order valence-corrected chi connectivity index (χ3v) is 4.64. The van der Waals surface area contributed by atoms with E-state index < -0.39 is 0 Å². The van der Waals surface area contributed by atoms with Gasteiger partial charge >= 0.3 is 0 Å². The highest BCUT2D eigenvalue weighted by Crippen LogP contribution is 2.33. The molecule has 0 aliphatic rings. The molecule has 0 radical (unpaired) electrons. The summed E-state index contributed by atoms with van der Waals surface area (Å²) >= 11 is 23.5. The van der Waals surface area contributed by atoms with Crippen LogP contribution in [0.2, 0.25) is 15.1 Å². The summed E-state index contributed by atoms with van der Waals surface area (Å²) in [7, 11) is 0. The van der Waals surface area contributed by atoms with E-state index >= 15 is 0 Å². The van der Waals surface area contributed by atoms with Crippen LogP contribution >= 0.6 is 47.0 Å². The van der Waals surface area contributed by atoms with E-state index in [9.17, 15) is 0 Å². The summed E-state index contributed by atoms with van der Waals surface area (Å²) in [5, 5.41) is 5.10. The van der Waals surface area contributed by atoms with E-state index in [1.54, 1.807) is 12.1 Å². The Morgan fingerprint density at radius 1 is 1.05 bits per heavy atom. The molecular weight excluding hydrogens is 347 g/mol. The van der Waals surface area contributed by atoms with Crippen molar-refractivity contribution < 1.29 is 0 Å². The van der Waals surface area contributed by atoms with Crippen LogP contribution in [0.5, 0.6) is 0 Å². The third kappa shape index (κ3) is 6.19. The maximum Gasteiger partial charge on any atom is 0.173 e. The number of thiocarbonyl (C=S) groups is 1. The molecule has 0 saturated carbocycles. The predicted molar refractivity (Wildman–Crippen MR) is 99.1 cm³/mol. The van der Waals surface area contributed by atoms with E-state index in [-0.39, 0.29) is 0 Å². The smallest absolute Gasteiger partial charge is 0.173 e. The Kier molecular flexibility index (Phi) is 8.72. The number of hydrogen-bond donors (Lipinski definition) is 1. The topological polar surface area (TPSA) is 15.3 Å². The normalized spacial score (nSPS) is 10.5. The summed E-state index contributed by atoms with van der Waals surface area (Å²) < 4.78 is 0. The maximum atomic E-state index is 6.04. The molecule has 0 fully saturated rings. The standard InChI is InChI=1S/C15H21Cl3N2S/c1-3-5-7-20(8-6-4-2)15(21)19-11-9-12(16)14(18)13(17)10-11/h9-10H,3-8H2,1-2H3,(H,19,21). The highest BCUT2D eigenvalue weighted by Gasteiger charge is 2.11. The van der Waals surface area contributed by atoms with Crippen LogP contribution in [-0.4, -0.2) is 23.1 Å². The minimum absolute atomic E-state index is 0.364. The second kappa shape index (κ2) is 9.73. The van der Waals surface area contributed by atoms with Gasteiger partial charge in [-0.25, -0.2) is 0 Å². The zero-order chi connectivity index (χ0) is 15.8. The zero-order valence-corrected chi connectivity index (χ0v) is 15.5. The van der Waals surface area contributed by atoms with Crippen LogP contribution < -0.4 is 5.32 Å². The van der Waals surface area contributed by atoms with Crippen LogP contribution in [0, 0.1) is 0 Å². The number of unbranched alkanes of at least 4 members (excludes halogenated alkanes) is 2. The van der Waals surface area contributed by atoms with Gasteiger partial charge in [-0.1, -0.05) is 61.5 Å². The van der Waals surface area contributed by atoms with Gasteiger partial charge in [-0.15, -0.1) is 0 Å². The average Bonchev–Trinajstić information content (AvgIpc) is 2.44. The van der Waals surface area contributed by atoms with Crippen molar-refractivity contribution in [3.05, 3.63) is 27.2 Å². The number of hydrogen-bond acceptors (Lipinski definition) is 1. The number of nitrogens with zero attached hydrogens (tertiary/aromatic N) is 1. The Hall–Kier alpha value is -0.220. The quantitative estimate of drug-likeness (QED) is 0.453. The van der Waals surface area contributed by atoms with Crippen molar-refractivity contribution in [2.45, 2.75) is 39.5 Å². The molecule has 0 heterocycles. The van der Waals surface area contributed by atoms with Crippen molar-refractivity contribution in [3.63, 3.8) is 0 Å². The molecule has 1 rings (SSSR count). The van der Waals surface area contributed by atoms with Gasteiger partial charge in [-0.05, 0) is 37.2 Å². The van der Waals surface area contributed by atoms with E-state index in [4.69, 9.17) is 47.0 Å². The monoisotopic (exact) mass is 366 g/mol. The molecule has 2 nitrogen and oxygen atoms in total. The molecule has 118 valence electrons. The Morgan fingerprint density at radius 2 is 1.52 bits per heavy atom. The van der Waals surface area contributed by atoms with Crippen LogP contribution in [-0.2, 0) is 0 Å². The molecule has 1 aromatic carbocycles. The second-order valence-electron chi connectivity index (χ2n) is 4.88. The summed E-state index contributed by atoms with van der Waals surface area (Å²) in [5.74, 6) is 0. The summed E-state index contributed by atoms with van der Waals surface area (Å²) in [5.41, 5.74) is 0.761. The fourth-order valence-corrected chi connectivity index (χ4v) is 2.74. The van der Waals surface area contributed by atoms with Crippen molar-refractivity contribution in [1.29, 1.82) is 0 Å². The summed E-state index contributed by atoms with van der Waals surface area (Å²) in [4.78, 5) is 2.19. The summed E-state index contributed by atoms with van der Waals surface area (Å²) in [6.45, 7) is 6.26. The van der Waals surface area contributed by atoms with E-state index in [2.05, 4.69) is 24.1 Å². The number of rotatable bonds is 7. The van der Waals surface area contributed by atoms with E-state index in [0.717, 1.165) is 44.5 Å². The molecule has 0 amide bonds. The third-order valence-electron chi connectivity index (χ3n) is 3.09. The highest BCUT2D eigenvalue weighted by molar-refractivity contribution is 7.80. The fraction of sp³-hybridized carbons (Fsp3) is 0.533. The van der Waals surface area contributed by atoms with Crippen molar-refractivity contribution in [3.8, 4) is 0 Å². The van der Waals surface area contributed by atoms with Gasteiger partial charge in [-0.3, -0.25) is 0 Å². The van der Waals surface area contributed by atoms with Crippen molar-refractivity contribution >= 4 is 57.8 Å². The number of nitrogens with one attached hydrogen (secondary N) is 1. The molecule has 0 bridgehead atoms. The Balaban J connectivity index is 2.75. The van der Waals surface area contributed by atoms with Crippen LogP contribution in [0.3, 0.4) is 0 Å². The Labute approximate surface area is 147 Å². The lowest BCUT2D eigenvalue weighted by Gasteiger charge is -2.26. The van der Waals surface area contributed by atoms with Gasteiger partial charge in [0.2, 0.25) is 0 Å². The molecule has 0 aromatic heterocycles. The molecular formula is C15H21Cl3N2S. The second-order valence-corrected chi connectivity index (χ2v) is 6.46. The molecule has 0 saturated heterocycles. The van der Waals surface area contributed by atoms with Crippen LogP contribution in [0.4, 0.5) is 5.69 Å². The zero-order valence-electron chi connectivity index (χ0n) is 12.4. The van der Waals surface area contributed by atoms with Crippen molar-refractivity contribution in [2.75, 3.05) is 18.4 Å². The van der Waals surface area contributed by atoms with Gasteiger partial charge < -0.3 is 10.2 Å². The first-order chi connectivity index (χ1) is 9.99. The minimum atomic E-state index is 0.364.